The van der Waals surface area contributed by atoms with E-state index in [1.165, 1.54) is 0 Å². The third kappa shape index (κ3) is 15.5. The second kappa shape index (κ2) is 24.3. The summed E-state index contributed by atoms with van der Waals surface area (Å²) in [6.45, 7) is 4.60. The summed E-state index contributed by atoms with van der Waals surface area (Å²) in [4.78, 5) is 53.7. The van der Waals surface area contributed by atoms with E-state index >= 15 is 0 Å². The lowest BCUT2D eigenvalue weighted by atomic mass is 9.92. The molecular weight excluding hydrogens is 940 g/mol. The normalized spacial score (nSPS) is 12.0. The Morgan fingerprint density at radius 3 is 1.37 bits per heavy atom. The van der Waals surface area contributed by atoms with Gasteiger partial charge in [0, 0.05) is 37.3 Å². The highest BCUT2D eigenvalue weighted by molar-refractivity contribution is 9.10. The summed E-state index contributed by atoms with van der Waals surface area (Å²) >= 11 is 7.05. The third-order valence-corrected chi connectivity index (χ3v) is 10.4. The maximum atomic E-state index is 11.4. The van der Waals surface area contributed by atoms with Crippen LogP contribution in [0.5, 0.6) is 23.5 Å². The van der Waals surface area contributed by atoms with Crippen LogP contribution in [-0.4, -0.2) is 92.7 Å². The van der Waals surface area contributed by atoms with Gasteiger partial charge in [-0.25, -0.2) is 0 Å². The maximum Gasteiger partial charge on any atom is 0.306 e. The summed E-state index contributed by atoms with van der Waals surface area (Å²) in [5.74, 6) is -2.52. The summed E-state index contributed by atoms with van der Waals surface area (Å²) in [5.41, 5.74) is 17.4. The van der Waals surface area contributed by atoms with Crippen LogP contribution in [-0.2, 0) is 45.5 Å². The Labute approximate surface area is 374 Å². The largest absolute Gasteiger partial charge is 0.481 e. The second-order valence-electron chi connectivity index (χ2n) is 14.1. The minimum absolute atomic E-state index is 0.0142. The van der Waals surface area contributed by atoms with E-state index in [2.05, 4.69) is 52.5 Å². The van der Waals surface area contributed by atoms with E-state index in [9.17, 15) is 29.4 Å². The molecule has 2 amide bonds. The van der Waals surface area contributed by atoms with Crippen molar-refractivity contribution in [2.45, 2.75) is 78.0 Å². The van der Waals surface area contributed by atoms with Gasteiger partial charge in [-0.1, -0.05) is 36.4 Å². The van der Waals surface area contributed by atoms with Gasteiger partial charge in [-0.2, -0.15) is 9.97 Å². The number of nitrogens with two attached hydrogens (primary N) is 2. The molecule has 2 heterocycles. The molecule has 0 aliphatic carbocycles. The average molecular weight is 991 g/mol. The molecule has 0 radical (unpaired) electrons. The monoisotopic (exact) mass is 988 g/mol. The molecule has 10 N–H and O–H groups in total. The number of primary amides is 2. The van der Waals surface area contributed by atoms with E-state index in [4.69, 9.17) is 40.6 Å². The number of carboxylic acids is 2. The van der Waals surface area contributed by atoms with Crippen LogP contribution in [0.4, 0.5) is 0 Å². The number of nitrogens with one attached hydrogen (secondary N) is 2. The summed E-state index contributed by atoms with van der Waals surface area (Å²) in [6, 6.07) is 15.3. The van der Waals surface area contributed by atoms with Gasteiger partial charge in [0.2, 0.25) is 35.3 Å². The molecule has 2 unspecified atom stereocenters. The first kappa shape index (κ1) is 49.3. The minimum Gasteiger partial charge on any atom is -0.481 e. The highest BCUT2D eigenvalue weighted by Gasteiger charge is 2.19. The van der Waals surface area contributed by atoms with Crippen molar-refractivity contribution < 1.29 is 58.6 Å². The number of aromatic nitrogens is 2. The van der Waals surface area contributed by atoms with Crippen molar-refractivity contribution in [1.29, 1.82) is 0 Å². The predicted octanol–water partition coefficient (Wildman–Crippen LogP) is 3.80. The molecule has 62 heavy (non-hydrogen) atoms. The number of aliphatic carboxylic acids is 2. The Morgan fingerprint density at radius 1 is 0.629 bits per heavy atom. The number of aliphatic hydroxyl groups excluding tert-OH is 2. The topological polar surface area (TPSA) is 288 Å². The van der Waals surface area contributed by atoms with E-state index in [1.54, 1.807) is 12.1 Å². The van der Waals surface area contributed by atoms with Crippen LogP contribution in [0.25, 0.3) is 11.1 Å². The minimum atomic E-state index is -1.12. The SMILES string of the molecule is Cc1c(COc2nc(OCCC(N)=O)c(CNCC(O)CC(=O)O)cc2Br)cccc1-c1cccc(COc2nc(OCCC(N)=O)c(CNCC(O)CC(=O)O)cc2Br)c1C. The Balaban J connectivity index is 1.50. The zero-order chi connectivity index (χ0) is 45.3. The molecule has 4 aromatic rings. The van der Waals surface area contributed by atoms with Gasteiger partial charge in [-0.3, -0.25) is 19.2 Å². The Bertz CT molecular complexity index is 2060. The van der Waals surface area contributed by atoms with Crippen LogP contribution in [0.15, 0.2) is 57.5 Å². The lowest BCUT2D eigenvalue weighted by molar-refractivity contribution is -0.140. The zero-order valence-electron chi connectivity index (χ0n) is 34.1. The molecule has 18 nitrogen and oxygen atoms in total. The van der Waals surface area contributed by atoms with Gasteiger partial charge >= 0.3 is 11.9 Å². The van der Waals surface area contributed by atoms with Crippen LogP contribution < -0.4 is 41.0 Å². The first-order valence-electron chi connectivity index (χ1n) is 19.4. The molecule has 2 aromatic carbocycles. The fourth-order valence-corrected chi connectivity index (χ4v) is 7.00. The molecule has 20 heteroatoms. The smallest absolute Gasteiger partial charge is 0.306 e. The number of halogens is 2. The molecule has 0 fully saturated rings. The molecule has 0 saturated carbocycles. The quantitative estimate of drug-likeness (QED) is 0.0422. The molecule has 0 aliphatic heterocycles. The van der Waals surface area contributed by atoms with Gasteiger partial charge < -0.3 is 61.5 Å². The maximum absolute atomic E-state index is 11.4. The van der Waals surface area contributed by atoms with E-state index in [0.717, 1.165) is 33.4 Å². The molecule has 334 valence electrons. The molecular formula is C42H50Br2N6O12. The lowest BCUT2D eigenvalue weighted by Crippen LogP contribution is -2.28. The van der Waals surface area contributed by atoms with E-state index in [-0.39, 0.29) is 89.0 Å². The molecule has 0 aliphatic rings. The number of hydrogen-bond donors (Lipinski definition) is 8. The van der Waals surface area contributed by atoms with Gasteiger partial charge in [0.15, 0.2) is 0 Å². The van der Waals surface area contributed by atoms with Crippen molar-refractivity contribution in [3.8, 4) is 34.6 Å². The first-order valence-corrected chi connectivity index (χ1v) is 21.0. The molecule has 2 atom stereocenters. The van der Waals surface area contributed by atoms with E-state index < -0.39 is 48.8 Å². The molecule has 0 saturated heterocycles. The number of hydrogen-bond acceptors (Lipinski definition) is 14. The van der Waals surface area contributed by atoms with Gasteiger partial charge in [0.25, 0.3) is 0 Å². The Morgan fingerprint density at radius 2 is 1.02 bits per heavy atom. The molecule has 0 spiro atoms. The Hall–Kier alpha value is -5.38. The number of aliphatic hydroxyl groups is 2. The van der Waals surface area contributed by atoms with Gasteiger partial charge in [0.1, 0.15) is 13.2 Å². The van der Waals surface area contributed by atoms with Crippen molar-refractivity contribution in [3.05, 3.63) is 90.9 Å². The van der Waals surface area contributed by atoms with Crippen molar-refractivity contribution in [2.24, 2.45) is 11.5 Å². The number of pyridine rings is 2. The molecule has 2 aromatic heterocycles. The number of benzene rings is 2. The number of carbonyl (C=O) groups is 4. The zero-order valence-corrected chi connectivity index (χ0v) is 37.3. The number of ether oxygens (including phenoxy) is 4. The number of rotatable bonds is 27. The summed E-state index contributed by atoms with van der Waals surface area (Å²) in [7, 11) is 0. The fourth-order valence-electron chi connectivity index (χ4n) is 6.04. The number of nitrogens with zero attached hydrogens (tertiary/aromatic N) is 2. The second-order valence-corrected chi connectivity index (χ2v) is 15.8. The Kier molecular flexibility index (Phi) is 19.3. The van der Waals surface area contributed by atoms with Crippen LogP contribution in [0.1, 0.15) is 59.1 Å². The van der Waals surface area contributed by atoms with Gasteiger partial charge in [-0.15, -0.1) is 0 Å². The summed E-state index contributed by atoms with van der Waals surface area (Å²) in [5, 5.41) is 43.8. The van der Waals surface area contributed by atoms with Crippen LogP contribution in [0.3, 0.4) is 0 Å². The number of carboxylic acid groups (broad SMARTS) is 2. The van der Waals surface area contributed by atoms with E-state index in [0.29, 0.717) is 20.1 Å². The highest BCUT2D eigenvalue weighted by atomic mass is 79.9. The van der Waals surface area contributed by atoms with E-state index in [1.807, 2.05) is 50.2 Å². The summed E-state index contributed by atoms with van der Waals surface area (Å²) in [6.07, 6.45) is -3.10. The average Bonchev–Trinajstić information content (AvgIpc) is 3.18. The standard InChI is InChI=1S/C42H50Br2N6O12/c1-23-25(21-61-41-33(43)13-27(17-47-19-29(51)15-37(55)56)39(49-41)59-11-9-35(45)53)5-3-7-31(23)32-8-4-6-26(24(32)2)22-62-42-34(44)14-28(18-48-20-30(52)16-38(57)58)40(50-42)60-12-10-36(46)54/h3-8,13-14,29-30,47-48,51-52H,9-12,15-22H2,1-2H3,(H2,45,53)(H2,46,54)(H,55,56)(H,57,58). The highest BCUT2D eigenvalue weighted by Crippen LogP contribution is 2.35. The first-order chi connectivity index (χ1) is 29.5. The van der Waals surface area contributed by atoms with Crippen molar-refractivity contribution in [3.63, 3.8) is 0 Å². The van der Waals surface area contributed by atoms with Crippen molar-refractivity contribution in [2.75, 3.05) is 26.3 Å². The fraction of sp³-hybridized carbons (Fsp3) is 0.381. The van der Waals surface area contributed by atoms with Crippen LogP contribution in [0.2, 0.25) is 0 Å². The van der Waals surface area contributed by atoms with Crippen LogP contribution >= 0.6 is 31.9 Å². The number of amides is 2. The predicted molar refractivity (Wildman–Crippen MR) is 232 cm³/mol. The van der Waals surface area contributed by atoms with Gasteiger partial charge in [-0.05, 0) is 91.2 Å². The van der Waals surface area contributed by atoms with Gasteiger partial charge in [0.05, 0.1) is 60.1 Å². The molecule has 4 rings (SSSR count). The van der Waals surface area contributed by atoms with Crippen molar-refractivity contribution in [1.82, 2.24) is 20.6 Å². The third-order valence-electron chi connectivity index (χ3n) is 9.26. The van der Waals surface area contributed by atoms with Crippen molar-refractivity contribution >= 4 is 55.6 Å². The number of carbonyl (C=O) groups excluding carboxylic acids is 2. The van der Waals surface area contributed by atoms with Crippen LogP contribution in [0, 0.1) is 13.8 Å². The lowest BCUT2D eigenvalue weighted by Gasteiger charge is -2.18. The summed E-state index contributed by atoms with van der Waals surface area (Å²) < 4.78 is 25.0. The molecule has 0 bridgehead atoms.